The Bertz CT molecular complexity index is 896. The number of thioether (sulfide) groups is 1. The molecule has 2 aromatic rings. The molecule has 168 valence electrons. The summed E-state index contributed by atoms with van der Waals surface area (Å²) in [6, 6.07) is 6.35. The Labute approximate surface area is 186 Å². The number of hydrogen-bond acceptors (Lipinski definition) is 6. The molecule has 7 nitrogen and oxygen atoms in total. The lowest BCUT2D eigenvalue weighted by atomic mass is 10.2. The van der Waals surface area contributed by atoms with E-state index < -0.39 is 0 Å². The van der Waals surface area contributed by atoms with Crippen molar-refractivity contribution in [2.24, 2.45) is 0 Å². The minimum atomic E-state index is -0.336. The molecule has 0 saturated carbocycles. The van der Waals surface area contributed by atoms with E-state index in [2.05, 4.69) is 19.7 Å². The molecule has 2 unspecified atom stereocenters. The van der Waals surface area contributed by atoms with Crippen LogP contribution in [0.3, 0.4) is 0 Å². The van der Waals surface area contributed by atoms with Crippen molar-refractivity contribution in [2.75, 3.05) is 31.6 Å². The van der Waals surface area contributed by atoms with E-state index in [0.29, 0.717) is 13.1 Å². The van der Waals surface area contributed by atoms with Gasteiger partial charge in [0.1, 0.15) is 5.82 Å². The number of aromatic nitrogens is 3. The molecule has 2 atom stereocenters. The zero-order valence-corrected chi connectivity index (χ0v) is 19.0. The first kappa shape index (κ1) is 22.1. The molecule has 2 fully saturated rings. The molecule has 1 aromatic carbocycles. The molecule has 4 rings (SSSR count). The van der Waals surface area contributed by atoms with Gasteiger partial charge in [-0.25, -0.2) is 4.39 Å². The second-order valence-electron chi connectivity index (χ2n) is 8.31. The van der Waals surface area contributed by atoms with Gasteiger partial charge in [0.05, 0.1) is 17.9 Å². The maximum absolute atomic E-state index is 13.5. The molecule has 2 aliphatic rings. The Balaban J connectivity index is 1.46. The Hall–Kier alpha value is -2.13. The van der Waals surface area contributed by atoms with E-state index in [9.17, 15) is 9.18 Å². The highest BCUT2D eigenvalue weighted by molar-refractivity contribution is 8.00. The van der Waals surface area contributed by atoms with Crippen LogP contribution >= 0.6 is 11.8 Å². The number of ether oxygens (including phenoxy) is 1. The van der Waals surface area contributed by atoms with Gasteiger partial charge in [-0.15, -0.1) is 10.2 Å². The van der Waals surface area contributed by atoms with Crippen molar-refractivity contribution in [2.45, 2.75) is 62.2 Å². The number of hydrogen-bond donors (Lipinski definition) is 0. The standard InChI is InChI=1S/C22H30FN5O2S/c1-16(20(29)26(2)14-17-7-5-8-18(23)13-17)31-22-25-24-21(27-10-3-4-11-27)28(22)15-19-9-6-12-30-19/h5,7-8,13,16,19H,3-4,6,9-12,14-15H2,1-2H3. The van der Waals surface area contributed by atoms with E-state index in [1.807, 2.05) is 13.0 Å². The van der Waals surface area contributed by atoms with Gasteiger partial charge in [0.15, 0.2) is 5.16 Å². The van der Waals surface area contributed by atoms with Crippen LogP contribution < -0.4 is 4.90 Å². The summed E-state index contributed by atoms with van der Waals surface area (Å²) in [7, 11) is 1.75. The molecule has 3 heterocycles. The van der Waals surface area contributed by atoms with Crippen molar-refractivity contribution in [3.8, 4) is 0 Å². The van der Waals surface area contributed by atoms with Gasteiger partial charge < -0.3 is 14.5 Å². The SMILES string of the molecule is CC(Sc1nnc(N2CCCC2)n1CC1CCCO1)C(=O)N(C)Cc1cccc(F)c1. The summed E-state index contributed by atoms with van der Waals surface area (Å²) in [5, 5.41) is 9.32. The molecule has 9 heteroatoms. The largest absolute Gasteiger partial charge is 0.376 e. The number of benzene rings is 1. The zero-order valence-electron chi connectivity index (χ0n) is 18.2. The molecule has 2 saturated heterocycles. The molecular weight excluding hydrogens is 417 g/mol. The minimum Gasteiger partial charge on any atom is -0.376 e. The summed E-state index contributed by atoms with van der Waals surface area (Å²) in [4.78, 5) is 16.9. The molecule has 1 aromatic heterocycles. The Morgan fingerprint density at radius 1 is 1.32 bits per heavy atom. The first-order valence-corrected chi connectivity index (χ1v) is 11.8. The Morgan fingerprint density at radius 3 is 2.84 bits per heavy atom. The number of nitrogens with zero attached hydrogens (tertiary/aromatic N) is 5. The fourth-order valence-electron chi connectivity index (χ4n) is 4.18. The number of carbonyl (C=O) groups excluding carboxylic acids is 1. The topological polar surface area (TPSA) is 63.5 Å². The molecular formula is C22H30FN5O2S. The lowest BCUT2D eigenvalue weighted by Crippen LogP contribution is -2.33. The van der Waals surface area contributed by atoms with Gasteiger partial charge >= 0.3 is 0 Å². The van der Waals surface area contributed by atoms with Crippen LogP contribution in [0.1, 0.15) is 38.2 Å². The van der Waals surface area contributed by atoms with Crippen molar-refractivity contribution >= 4 is 23.6 Å². The van der Waals surface area contributed by atoms with Crippen molar-refractivity contribution < 1.29 is 13.9 Å². The first-order chi connectivity index (χ1) is 15.0. The van der Waals surface area contributed by atoms with Crippen LogP contribution in [0, 0.1) is 5.82 Å². The first-order valence-electron chi connectivity index (χ1n) is 11.0. The third-order valence-electron chi connectivity index (χ3n) is 5.81. The van der Waals surface area contributed by atoms with Gasteiger partial charge in [-0.1, -0.05) is 23.9 Å². The molecule has 0 aliphatic carbocycles. The third kappa shape index (κ3) is 5.38. The van der Waals surface area contributed by atoms with Crippen molar-refractivity contribution in [3.63, 3.8) is 0 Å². The maximum Gasteiger partial charge on any atom is 0.235 e. The van der Waals surface area contributed by atoms with Crippen LogP contribution in [0.5, 0.6) is 0 Å². The fraction of sp³-hybridized carbons (Fsp3) is 0.591. The smallest absolute Gasteiger partial charge is 0.235 e. The monoisotopic (exact) mass is 447 g/mol. The molecule has 0 radical (unpaired) electrons. The van der Waals surface area contributed by atoms with E-state index in [4.69, 9.17) is 4.74 Å². The minimum absolute atomic E-state index is 0.0244. The molecule has 0 spiro atoms. The summed E-state index contributed by atoms with van der Waals surface area (Å²) in [6.07, 6.45) is 4.60. The summed E-state index contributed by atoms with van der Waals surface area (Å²) < 4.78 is 21.4. The molecule has 1 amide bonds. The van der Waals surface area contributed by atoms with Crippen molar-refractivity contribution in [1.29, 1.82) is 0 Å². The van der Waals surface area contributed by atoms with Gasteiger partial charge in [0, 0.05) is 33.3 Å². The summed E-state index contributed by atoms with van der Waals surface area (Å²) in [5.74, 6) is 0.560. The number of rotatable bonds is 8. The number of amides is 1. The normalized spacial score (nSPS) is 19.7. The predicted octanol–water partition coefficient (Wildman–Crippen LogP) is 3.34. The van der Waals surface area contributed by atoms with E-state index in [0.717, 1.165) is 62.0 Å². The van der Waals surface area contributed by atoms with E-state index in [-0.39, 0.29) is 23.1 Å². The van der Waals surface area contributed by atoms with E-state index >= 15 is 0 Å². The van der Waals surface area contributed by atoms with Crippen LogP contribution in [-0.4, -0.2) is 63.7 Å². The number of halogens is 1. The summed E-state index contributed by atoms with van der Waals surface area (Å²) in [5.41, 5.74) is 0.769. The van der Waals surface area contributed by atoms with Crippen LogP contribution in [0.2, 0.25) is 0 Å². The molecule has 31 heavy (non-hydrogen) atoms. The maximum atomic E-state index is 13.5. The average molecular weight is 448 g/mol. The van der Waals surface area contributed by atoms with Gasteiger partial charge in [-0.2, -0.15) is 0 Å². The molecule has 0 bridgehead atoms. The number of anilines is 1. The quantitative estimate of drug-likeness (QED) is 0.579. The van der Waals surface area contributed by atoms with Crippen molar-refractivity contribution in [3.05, 3.63) is 35.6 Å². The second-order valence-corrected chi connectivity index (χ2v) is 9.61. The van der Waals surface area contributed by atoms with Gasteiger partial charge in [-0.05, 0) is 50.3 Å². The third-order valence-corrected chi connectivity index (χ3v) is 6.88. The molecule has 0 N–H and O–H groups in total. The van der Waals surface area contributed by atoms with E-state index in [1.165, 1.54) is 23.9 Å². The summed E-state index contributed by atoms with van der Waals surface area (Å²) >= 11 is 1.43. The van der Waals surface area contributed by atoms with E-state index in [1.54, 1.807) is 18.0 Å². The highest BCUT2D eigenvalue weighted by atomic mass is 32.2. The van der Waals surface area contributed by atoms with Crippen LogP contribution in [0.25, 0.3) is 0 Å². The second kappa shape index (κ2) is 9.99. The fourth-order valence-corrected chi connectivity index (χ4v) is 5.15. The van der Waals surface area contributed by atoms with Crippen molar-refractivity contribution in [1.82, 2.24) is 19.7 Å². The Morgan fingerprint density at radius 2 is 2.13 bits per heavy atom. The Kier molecular flexibility index (Phi) is 7.12. The van der Waals surface area contributed by atoms with Gasteiger partial charge in [0.2, 0.25) is 11.9 Å². The predicted molar refractivity (Wildman–Crippen MR) is 119 cm³/mol. The van der Waals surface area contributed by atoms with Gasteiger partial charge in [-0.3, -0.25) is 9.36 Å². The highest BCUT2D eigenvalue weighted by Crippen LogP contribution is 2.30. The summed E-state index contributed by atoms with van der Waals surface area (Å²) in [6.45, 7) is 5.73. The lowest BCUT2D eigenvalue weighted by molar-refractivity contribution is -0.129. The number of carbonyl (C=O) groups is 1. The van der Waals surface area contributed by atoms with Gasteiger partial charge in [0.25, 0.3) is 0 Å². The lowest BCUT2D eigenvalue weighted by Gasteiger charge is -2.23. The zero-order chi connectivity index (χ0) is 21.8. The van der Waals surface area contributed by atoms with Crippen LogP contribution in [0.15, 0.2) is 29.4 Å². The highest BCUT2D eigenvalue weighted by Gasteiger charge is 2.28. The molecule has 2 aliphatic heterocycles. The van der Waals surface area contributed by atoms with Crippen LogP contribution in [0.4, 0.5) is 10.3 Å². The van der Waals surface area contributed by atoms with Crippen LogP contribution in [-0.2, 0) is 22.6 Å². The average Bonchev–Trinajstić information content (AvgIpc) is 3.51.